The summed E-state index contributed by atoms with van der Waals surface area (Å²) in [6, 6.07) is 0. The normalized spacial score (nSPS) is 12.5. The summed E-state index contributed by atoms with van der Waals surface area (Å²) in [5, 5.41) is 2.82. The molecule has 1 amide bonds. The molecular formula is C10H20BrNO3. The van der Waals surface area contributed by atoms with Crippen LogP contribution in [0.15, 0.2) is 0 Å². The van der Waals surface area contributed by atoms with Crippen LogP contribution in [0.4, 0.5) is 0 Å². The Hall–Kier alpha value is -0.130. The van der Waals surface area contributed by atoms with E-state index in [1.807, 2.05) is 6.92 Å². The number of carbonyl (C=O) groups is 1. The van der Waals surface area contributed by atoms with E-state index < -0.39 is 0 Å². The molecule has 0 fully saturated rings. The molecule has 0 aromatic heterocycles. The van der Waals surface area contributed by atoms with Crippen LogP contribution in [-0.2, 0) is 14.3 Å². The molecule has 0 aliphatic rings. The van der Waals surface area contributed by atoms with Crippen molar-refractivity contribution in [3.05, 3.63) is 0 Å². The van der Waals surface area contributed by atoms with Gasteiger partial charge in [0.15, 0.2) is 0 Å². The average Bonchev–Trinajstić information content (AvgIpc) is 2.21. The maximum Gasteiger partial charge on any atom is 0.233 e. The molecular weight excluding hydrogens is 262 g/mol. The largest absolute Gasteiger partial charge is 0.382 e. The number of amides is 1. The quantitative estimate of drug-likeness (QED) is 0.512. The van der Waals surface area contributed by atoms with E-state index in [0.717, 1.165) is 19.4 Å². The van der Waals surface area contributed by atoms with Crippen LogP contribution in [0.25, 0.3) is 0 Å². The van der Waals surface area contributed by atoms with E-state index in [1.54, 1.807) is 7.11 Å². The lowest BCUT2D eigenvalue weighted by molar-refractivity contribution is -0.120. The monoisotopic (exact) mass is 281 g/mol. The molecule has 0 aliphatic heterocycles. The minimum atomic E-state index is -0.115. The molecule has 4 nitrogen and oxygen atoms in total. The van der Waals surface area contributed by atoms with Crippen molar-refractivity contribution in [3.63, 3.8) is 0 Å². The predicted octanol–water partition coefficient (Wildman–Crippen LogP) is 1.33. The molecule has 0 aliphatic carbocycles. The predicted molar refractivity (Wildman–Crippen MR) is 63.3 cm³/mol. The Bertz CT molecular complexity index is 165. The first kappa shape index (κ1) is 14.9. The minimum Gasteiger partial charge on any atom is -0.382 e. The molecule has 1 N–H and O–H groups in total. The summed E-state index contributed by atoms with van der Waals surface area (Å²) in [6.45, 7) is 4.52. The van der Waals surface area contributed by atoms with Crippen molar-refractivity contribution >= 4 is 21.8 Å². The van der Waals surface area contributed by atoms with Crippen LogP contribution in [0.5, 0.6) is 0 Å². The maximum absolute atomic E-state index is 11.1. The Morgan fingerprint density at radius 3 is 2.67 bits per heavy atom. The number of hydrogen-bond donors (Lipinski definition) is 1. The molecule has 0 radical (unpaired) electrons. The summed E-state index contributed by atoms with van der Waals surface area (Å²) in [5.41, 5.74) is 0. The Labute approximate surface area is 99.8 Å². The molecule has 0 saturated heterocycles. The van der Waals surface area contributed by atoms with Gasteiger partial charge in [-0.25, -0.2) is 0 Å². The highest BCUT2D eigenvalue weighted by molar-refractivity contribution is 9.10. The van der Waals surface area contributed by atoms with E-state index in [-0.39, 0.29) is 10.7 Å². The number of methoxy groups -OCH3 is 1. The fourth-order valence-corrected chi connectivity index (χ4v) is 1.09. The topological polar surface area (TPSA) is 47.6 Å². The second-order valence-corrected chi connectivity index (χ2v) is 4.59. The van der Waals surface area contributed by atoms with Gasteiger partial charge in [-0.1, -0.05) is 15.9 Å². The summed E-state index contributed by atoms with van der Waals surface area (Å²) >= 11 is 3.20. The lowest BCUT2D eigenvalue weighted by Gasteiger charge is -2.06. The van der Waals surface area contributed by atoms with Gasteiger partial charge in [-0.15, -0.1) is 0 Å². The Morgan fingerprint density at radius 1 is 1.33 bits per heavy atom. The van der Waals surface area contributed by atoms with Gasteiger partial charge in [0.1, 0.15) is 0 Å². The summed E-state index contributed by atoms with van der Waals surface area (Å²) in [6.07, 6.45) is 1.90. The summed E-state index contributed by atoms with van der Waals surface area (Å²) in [7, 11) is 1.65. The number of carbonyl (C=O) groups excluding carboxylic acids is 1. The maximum atomic E-state index is 11.1. The molecule has 0 bridgehead atoms. The summed E-state index contributed by atoms with van der Waals surface area (Å²) in [5.74, 6) is 0.0373. The fourth-order valence-electron chi connectivity index (χ4n) is 0.926. The van der Waals surface area contributed by atoms with Crippen LogP contribution in [0.2, 0.25) is 0 Å². The van der Waals surface area contributed by atoms with Crippen LogP contribution in [-0.4, -0.2) is 44.2 Å². The molecule has 0 heterocycles. The molecule has 0 spiro atoms. The van der Waals surface area contributed by atoms with Crippen LogP contribution in [0.3, 0.4) is 0 Å². The SMILES string of the molecule is COCCOCCCCNC(=O)C(C)Br. The van der Waals surface area contributed by atoms with Gasteiger partial charge >= 0.3 is 0 Å². The van der Waals surface area contributed by atoms with E-state index in [4.69, 9.17) is 9.47 Å². The first-order valence-corrected chi connectivity index (χ1v) is 6.08. The third-order valence-electron chi connectivity index (χ3n) is 1.81. The Morgan fingerprint density at radius 2 is 2.07 bits per heavy atom. The molecule has 1 atom stereocenters. The zero-order chi connectivity index (χ0) is 11.5. The van der Waals surface area contributed by atoms with Crippen LogP contribution in [0, 0.1) is 0 Å². The van der Waals surface area contributed by atoms with Crippen molar-refractivity contribution in [1.29, 1.82) is 0 Å². The minimum absolute atomic E-state index is 0.0373. The van der Waals surface area contributed by atoms with E-state index in [2.05, 4.69) is 21.2 Å². The van der Waals surface area contributed by atoms with E-state index in [0.29, 0.717) is 19.8 Å². The zero-order valence-corrected chi connectivity index (χ0v) is 11.0. The molecule has 1 unspecified atom stereocenters. The summed E-state index contributed by atoms with van der Waals surface area (Å²) < 4.78 is 10.1. The molecule has 0 saturated carbocycles. The Balaban J connectivity index is 3.08. The van der Waals surface area contributed by atoms with Crippen molar-refractivity contribution in [3.8, 4) is 0 Å². The van der Waals surface area contributed by atoms with Crippen LogP contribution < -0.4 is 5.32 Å². The summed E-state index contributed by atoms with van der Waals surface area (Å²) in [4.78, 5) is 11.0. The Kier molecular flexibility index (Phi) is 10.3. The third-order valence-corrected chi connectivity index (χ3v) is 2.22. The smallest absolute Gasteiger partial charge is 0.233 e. The van der Waals surface area contributed by atoms with Crippen LogP contribution >= 0.6 is 15.9 Å². The van der Waals surface area contributed by atoms with Crippen molar-refractivity contribution < 1.29 is 14.3 Å². The fraction of sp³-hybridized carbons (Fsp3) is 0.900. The van der Waals surface area contributed by atoms with E-state index in [9.17, 15) is 4.79 Å². The van der Waals surface area contributed by atoms with E-state index in [1.165, 1.54) is 0 Å². The molecule has 15 heavy (non-hydrogen) atoms. The average molecular weight is 282 g/mol. The van der Waals surface area contributed by atoms with Gasteiger partial charge in [-0.05, 0) is 19.8 Å². The highest BCUT2D eigenvalue weighted by atomic mass is 79.9. The van der Waals surface area contributed by atoms with Gasteiger partial charge in [0.2, 0.25) is 5.91 Å². The molecule has 90 valence electrons. The number of hydrogen-bond acceptors (Lipinski definition) is 3. The third kappa shape index (κ3) is 10.2. The van der Waals surface area contributed by atoms with Crippen molar-refractivity contribution in [1.82, 2.24) is 5.32 Å². The number of unbranched alkanes of at least 4 members (excludes halogenated alkanes) is 1. The number of halogens is 1. The van der Waals surface area contributed by atoms with Crippen LogP contribution in [0.1, 0.15) is 19.8 Å². The van der Waals surface area contributed by atoms with Crippen molar-refractivity contribution in [2.45, 2.75) is 24.6 Å². The number of ether oxygens (including phenoxy) is 2. The molecule has 0 rings (SSSR count). The second-order valence-electron chi connectivity index (χ2n) is 3.22. The van der Waals surface area contributed by atoms with Gasteiger partial charge in [-0.2, -0.15) is 0 Å². The van der Waals surface area contributed by atoms with Gasteiger partial charge in [0.05, 0.1) is 18.0 Å². The second kappa shape index (κ2) is 10.4. The lowest BCUT2D eigenvalue weighted by atomic mass is 10.3. The molecule has 0 aromatic rings. The molecule has 0 aromatic carbocycles. The van der Waals surface area contributed by atoms with Gasteiger partial charge in [0, 0.05) is 20.3 Å². The molecule has 5 heteroatoms. The standard InChI is InChI=1S/C10H20BrNO3/c1-9(11)10(13)12-5-3-4-6-15-8-7-14-2/h9H,3-8H2,1-2H3,(H,12,13). The number of rotatable bonds is 9. The highest BCUT2D eigenvalue weighted by Crippen LogP contribution is 1.96. The highest BCUT2D eigenvalue weighted by Gasteiger charge is 2.06. The van der Waals surface area contributed by atoms with Crippen molar-refractivity contribution in [2.24, 2.45) is 0 Å². The van der Waals surface area contributed by atoms with E-state index >= 15 is 0 Å². The first-order valence-electron chi connectivity index (χ1n) is 5.17. The van der Waals surface area contributed by atoms with Gasteiger partial charge in [-0.3, -0.25) is 4.79 Å². The number of nitrogens with one attached hydrogen (secondary N) is 1. The zero-order valence-electron chi connectivity index (χ0n) is 9.42. The lowest BCUT2D eigenvalue weighted by Crippen LogP contribution is -2.30. The van der Waals surface area contributed by atoms with Gasteiger partial charge < -0.3 is 14.8 Å². The van der Waals surface area contributed by atoms with Gasteiger partial charge in [0.25, 0.3) is 0 Å². The van der Waals surface area contributed by atoms with Crippen molar-refractivity contribution in [2.75, 3.05) is 33.5 Å². The first-order chi connectivity index (χ1) is 7.18. The number of alkyl halides is 1.